The van der Waals surface area contributed by atoms with Crippen molar-refractivity contribution in [3.05, 3.63) is 52.3 Å². The van der Waals surface area contributed by atoms with E-state index in [1.807, 2.05) is 0 Å². The third kappa shape index (κ3) is 1.75. The second kappa shape index (κ2) is 4.62. The summed E-state index contributed by atoms with van der Waals surface area (Å²) >= 11 is 3.31. The number of rotatable bonds is 1. The van der Waals surface area contributed by atoms with Crippen LogP contribution in [0.5, 0.6) is 0 Å². The Morgan fingerprint density at radius 2 is 2.00 bits per heavy atom. The first-order valence-electron chi connectivity index (χ1n) is 5.75. The van der Waals surface area contributed by atoms with Crippen LogP contribution in [0.25, 0.3) is 16.7 Å². The number of fused-ring (bicyclic) bond motifs is 1. The lowest BCUT2D eigenvalue weighted by atomic mass is 10.2. The Bertz CT molecular complexity index is 843. The number of para-hydroxylation sites is 2. The summed E-state index contributed by atoms with van der Waals surface area (Å²) in [6.07, 6.45) is 0. The molecule has 0 amide bonds. The number of aromatic nitrogens is 2. The van der Waals surface area contributed by atoms with Crippen molar-refractivity contribution in [2.24, 2.45) is 0 Å². The minimum absolute atomic E-state index is 0.133. The molecular formula is C14H8BrFN4. The van der Waals surface area contributed by atoms with Crippen LogP contribution < -0.4 is 5.73 Å². The maximum absolute atomic E-state index is 14.1. The van der Waals surface area contributed by atoms with Crippen LogP contribution in [0.2, 0.25) is 0 Å². The highest BCUT2D eigenvalue weighted by atomic mass is 79.9. The lowest BCUT2D eigenvalue weighted by Gasteiger charge is -2.10. The maximum atomic E-state index is 14.1. The van der Waals surface area contributed by atoms with Crippen LogP contribution in [0.3, 0.4) is 0 Å². The summed E-state index contributed by atoms with van der Waals surface area (Å²) in [5.41, 5.74) is 7.64. The van der Waals surface area contributed by atoms with Gasteiger partial charge < -0.3 is 5.73 Å². The molecule has 0 unspecified atom stereocenters. The molecule has 2 aromatic carbocycles. The van der Waals surface area contributed by atoms with Crippen molar-refractivity contribution in [3.8, 4) is 11.8 Å². The van der Waals surface area contributed by atoms with E-state index in [0.29, 0.717) is 21.1 Å². The topological polar surface area (TPSA) is 67.6 Å². The van der Waals surface area contributed by atoms with Gasteiger partial charge in [0.2, 0.25) is 5.95 Å². The van der Waals surface area contributed by atoms with Crippen molar-refractivity contribution in [2.45, 2.75) is 0 Å². The highest BCUT2D eigenvalue weighted by Gasteiger charge is 2.17. The number of hydrogen-bond donors (Lipinski definition) is 1. The van der Waals surface area contributed by atoms with Crippen LogP contribution in [-0.2, 0) is 0 Å². The molecule has 0 fully saturated rings. The van der Waals surface area contributed by atoms with Crippen molar-refractivity contribution in [1.82, 2.24) is 9.55 Å². The average molecular weight is 331 g/mol. The zero-order chi connectivity index (χ0) is 14.3. The Balaban J connectivity index is 2.44. The molecule has 3 rings (SSSR count). The van der Waals surface area contributed by atoms with E-state index < -0.39 is 5.82 Å². The number of nitriles is 1. The zero-order valence-corrected chi connectivity index (χ0v) is 11.7. The lowest BCUT2D eigenvalue weighted by molar-refractivity contribution is 0.619. The van der Waals surface area contributed by atoms with Gasteiger partial charge in [0.25, 0.3) is 0 Å². The van der Waals surface area contributed by atoms with Gasteiger partial charge in [-0.15, -0.1) is 0 Å². The summed E-state index contributed by atoms with van der Waals surface area (Å²) in [6, 6.07) is 11.8. The molecule has 98 valence electrons. The van der Waals surface area contributed by atoms with Crippen molar-refractivity contribution >= 4 is 32.9 Å². The van der Waals surface area contributed by atoms with Gasteiger partial charge in [-0.1, -0.05) is 12.1 Å². The number of halogens is 2. The van der Waals surface area contributed by atoms with Crippen LogP contribution in [0.1, 0.15) is 5.56 Å². The molecule has 0 aliphatic heterocycles. The molecule has 0 aliphatic carbocycles. The summed E-state index contributed by atoms with van der Waals surface area (Å²) in [5, 5.41) is 9.09. The van der Waals surface area contributed by atoms with Gasteiger partial charge in [0.1, 0.15) is 17.4 Å². The van der Waals surface area contributed by atoms with Crippen molar-refractivity contribution in [2.75, 3.05) is 5.73 Å². The van der Waals surface area contributed by atoms with Crippen molar-refractivity contribution < 1.29 is 4.39 Å². The minimum Gasteiger partial charge on any atom is -0.369 e. The minimum atomic E-state index is -0.423. The smallest absolute Gasteiger partial charge is 0.206 e. The molecule has 6 heteroatoms. The van der Waals surface area contributed by atoms with E-state index in [9.17, 15) is 4.39 Å². The molecular weight excluding hydrogens is 323 g/mol. The van der Waals surface area contributed by atoms with E-state index in [4.69, 9.17) is 11.0 Å². The van der Waals surface area contributed by atoms with Crippen LogP contribution in [0, 0.1) is 17.1 Å². The second-order valence-electron chi connectivity index (χ2n) is 4.16. The standard InChI is InChI=1S/C14H8BrFN4/c15-9-4-2-5-10(16)13(9)20-11-6-1-3-8(7-17)12(11)19-14(20)18/h1-6H,(H2,18,19). The SMILES string of the molecule is N#Cc1cccc2c1nc(N)n2-c1c(F)cccc1Br. The molecule has 3 aromatic rings. The fraction of sp³-hybridized carbons (Fsp3) is 0. The van der Waals surface area contributed by atoms with E-state index in [1.54, 1.807) is 30.3 Å². The monoisotopic (exact) mass is 330 g/mol. The maximum Gasteiger partial charge on any atom is 0.206 e. The van der Waals surface area contributed by atoms with Gasteiger partial charge in [0.05, 0.1) is 16.8 Å². The Morgan fingerprint density at radius 1 is 1.25 bits per heavy atom. The predicted molar refractivity (Wildman–Crippen MR) is 77.9 cm³/mol. The summed E-state index contributed by atoms with van der Waals surface area (Å²) in [4.78, 5) is 4.17. The van der Waals surface area contributed by atoms with Gasteiger partial charge >= 0.3 is 0 Å². The summed E-state index contributed by atoms with van der Waals surface area (Å²) in [7, 11) is 0. The molecule has 0 saturated carbocycles. The van der Waals surface area contributed by atoms with Gasteiger partial charge in [-0.05, 0) is 40.2 Å². The predicted octanol–water partition coefficient (Wildman–Crippen LogP) is 3.38. The molecule has 4 nitrogen and oxygen atoms in total. The quantitative estimate of drug-likeness (QED) is 0.743. The largest absolute Gasteiger partial charge is 0.369 e. The molecule has 0 bridgehead atoms. The van der Waals surface area contributed by atoms with E-state index in [-0.39, 0.29) is 11.6 Å². The van der Waals surface area contributed by atoms with Gasteiger partial charge in [-0.2, -0.15) is 5.26 Å². The van der Waals surface area contributed by atoms with Crippen molar-refractivity contribution in [1.29, 1.82) is 5.26 Å². The first kappa shape index (κ1) is 12.6. The Morgan fingerprint density at radius 3 is 2.70 bits per heavy atom. The number of hydrogen-bond acceptors (Lipinski definition) is 3. The average Bonchev–Trinajstić information content (AvgIpc) is 2.75. The van der Waals surface area contributed by atoms with E-state index in [0.717, 1.165) is 0 Å². The Labute approximate surface area is 122 Å². The fourth-order valence-electron chi connectivity index (χ4n) is 2.15. The summed E-state index contributed by atoms with van der Waals surface area (Å²) in [6.45, 7) is 0. The number of imidazole rings is 1. The highest BCUT2D eigenvalue weighted by molar-refractivity contribution is 9.10. The fourth-order valence-corrected chi connectivity index (χ4v) is 2.66. The Hall–Kier alpha value is -2.39. The van der Waals surface area contributed by atoms with Gasteiger partial charge in [0, 0.05) is 4.47 Å². The summed E-state index contributed by atoms with van der Waals surface area (Å²) < 4.78 is 16.2. The molecule has 0 aliphatic rings. The lowest BCUT2D eigenvalue weighted by Crippen LogP contribution is -2.03. The number of benzene rings is 2. The molecule has 1 heterocycles. The van der Waals surface area contributed by atoms with Crippen LogP contribution in [0.15, 0.2) is 40.9 Å². The molecule has 0 radical (unpaired) electrons. The molecule has 0 atom stereocenters. The Kier molecular flexibility index (Phi) is 2.92. The van der Waals surface area contributed by atoms with Gasteiger partial charge in [-0.25, -0.2) is 9.37 Å². The number of nitrogens with two attached hydrogens (primary N) is 1. The zero-order valence-electron chi connectivity index (χ0n) is 10.1. The number of anilines is 1. The second-order valence-corrected chi connectivity index (χ2v) is 5.02. The van der Waals surface area contributed by atoms with E-state index in [1.165, 1.54) is 10.6 Å². The first-order valence-corrected chi connectivity index (χ1v) is 6.54. The van der Waals surface area contributed by atoms with E-state index in [2.05, 4.69) is 27.0 Å². The van der Waals surface area contributed by atoms with Crippen LogP contribution >= 0.6 is 15.9 Å². The van der Waals surface area contributed by atoms with Crippen LogP contribution in [0.4, 0.5) is 10.3 Å². The van der Waals surface area contributed by atoms with E-state index >= 15 is 0 Å². The van der Waals surface area contributed by atoms with Crippen molar-refractivity contribution in [3.63, 3.8) is 0 Å². The van der Waals surface area contributed by atoms with Gasteiger partial charge in [0.15, 0.2) is 0 Å². The summed E-state index contributed by atoms with van der Waals surface area (Å²) in [5.74, 6) is -0.291. The number of nitrogen functional groups attached to an aromatic ring is 1. The third-order valence-corrected chi connectivity index (χ3v) is 3.63. The first-order chi connectivity index (χ1) is 9.63. The molecule has 20 heavy (non-hydrogen) atoms. The molecule has 1 aromatic heterocycles. The highest BCUT2D eigenvalue weighted by Crippen LogP contribution is 2.31. The third-order valence-electron chi connectivity index (χ3n) is 2.99. The number of nitrogens with zero attached hydrogens (tertiary/aromatic N) is 3. The van der Waals surface area contributed by atoms with Gasteiger partial charge in [-0.3, -0.25) is 4.57 Å². The normalized spacial score (nSPS) is 10.7. The molecule has 0 saturated heterocycles. The molecule has 2 N–H and O–H groups in total. The van der Waals surface area contributed by atoms with Crippen LogP contribution in [-0.4, -0.2) is 9.55 Å². The molecule has 0 spiro atoms.